The molecule has 0 spiro atoms. The van der Waals surface area contributed by atoms with Gasteiger partial charge in [-0.3, -0.25) is 14.4 Å². The minimum atomic E-state index is -0.232. The summed E-state index contributed by atoms with van der Waals surface area (Å²) in [6, 6.07) is 11.8. The van der Waals surface area contributed by atoms with E-state index in [-0.39, 0.29) is 23.0 Å². The Balaban J connectivity index is 1.62. The molecule has 0 radical (unpaired) electrons. The van der Waals surface area contributed by atoms with E-state index in [1.165, 1.54) is 0 Å². The van der Waals surface area contributed by atoms with E-state index in [1.807, 2.05) is 0 Å². The van der Waals surface area contributed by atoms with Crippen molar-refractivity contribution >= 4 is 23.2 Å². The van der Waals surface area contributed by atoms with Crippen LogP contribution in [0.5, 0.6) is 0 Å². The summed E-state index contributed by atoms with van der Waals surface area (Å²) in [4.78, 5) is 39.2. The van der Waals surface area contributed by atoms with Gasteiger partial charge in [0.2, 0.25) is 0 Å². The lowest BCUT2D eigenvalue weighted by atomic mass is 9.83. The van der Waals surface area contributed by atoms with Crippen molar-refractivity contribution in [3.05, 3.63) is 64.7 Å². The monoisotopic (exact) mass is 351 g/mol. The second-order valence-electron chi connectivity index (χ2n) is 6.52. The summed E-state index contributed by atoms with van der Waals surface area (Å²) in [6.45, 7) is 3.17. The van der Waals surface area contributed by atoms with Crippen LogP contribution in [0.15, 0.2) is 42.5 Å². The Hall–Kier alpha value is -2.83. The minimum absolute atomic E-state index is 0.172. The number of hydrogen-bond donors (Lipinski definition) is 2. The average Bonchev–Trinajstić information content (AvgIpc) is 2.67. The molecule has 0 unspecified atom stereocenters. The Morgan fingerprint density at radius 1 is 0.923 bits per heavy atom. The highest BCUT2D eigenvalue weighted by Crippen LogP contribution is 2.31. The number of hydrogen-bond acceptors (Lipinski definition) is 4. The van der Waals surface area contributed by atoms with Gasteiger partial charge in [-0.25, -0.2) is 0 Å². The van der Waals surface area contributed by atoms with Crippen LogP contribution in [0, 0.1) is 0 Å². The number of ketones is 2. The molecule has 1 fully saturated rings. The number of carbonyl (C=O) groups is 3. The number of nitrogens with one attached hydrogen (secondary N) is 2. The van der Waals surface area contributed by atoms with Gasteiger partial charge in [-0.2, -0.15) is 0 Å². The zero-order valence-electron chi connectivity index (χ0n) is 14.2. The lowest BCUT2D eigenvalue weighted by Crippen LogP contribution is -3.15. The molecule has 0 atom stereocenters. The third-order valence-corrected chi connectivity index (χ3v) is 4.84. The second-order valence-corrected chi connectivity index (χ2v) is 6.52. The van der Waals surface area contributed by atoms with Crippen molar-refractivity contribution in [2.75, 3.05) is 38.2 Å². The fraction of sp³-hybridized carbons (Fsp3) is 0.250. The maximum Gasteiger partial charge on any atom is 0.279 e. The van der Waals surface area contributed by atoms with Crippen molar-refractivity contribution < 1.29 is 24.0 Å². The number of anilines is 1. The molecule has 1 aliphatic heterocycles. The van der Waals surface area contributed by atoms with Crippen LogP contribution in [-0.4, -0.2) is 50.3 Å². The Bertz CT molecular complexity index is 900. The molecule has 26 heavy (non-hydrogen) atoms. The third-order valence-electron chi connectivity index (χ3n) is 4.84. The molecule has 0 bridgehead atoms. The molecule has 2 N–H and O–H groups in total. The second kappa shape index (κ2) is 6.82. The average molecular weight is 351 g/mol. The van der Waals surface area contributed by atoms with Crippen LogP contribution in [-0.2, 0) is 9.53 Å². The van der Waals surface area contributed by atoms with Gasteiger partial charge in [0.25, 0.3) is 5.91 Å². The number of benzene rings is 2. The predicted molar refractivity (Wildman–Crippen MR) is 94.8 cm³/mol. The van der Waals surface area contributed by atoms with Gasteiger partial charge in [0.15, 0.2) is 18.1 Å². The topological polar surface area (TPSA) is 76.9 Å². The van der Waals surface area contributed by atoms with E-state index in [2.05, 4.69) is 5.32 Å². The Labute approximate surface area is 150 Å². The number of rotatable bonds is 3. The third kappa shape index (κ3) is 2.94. The normalized spacial score (nSPS) is 16.8. The van der Waals surface area contributed by atoms with Gasteiger partial charge in [-0.1, -0.05) is 36.4 Å². The number of ether oxygens (including phenoxy) is 1. The van der Waals surface area contributed by atoms with E-state index in [0.29, 0.717) is 42.1 Å². The van der Waals surface area contributed by atoms with Crippen molar-refractivity contribution in [2.45, 2.75) is 0 Å². The first-order valence-corrected chi connectivity index (χ1v) is 8.68. The molecule has 6 heteroatoms. The Kier molecular flexibility index (Phi) is 4.36. The molecule has 1 aliphatic carbocycles. The number of fused-ring (bicyclic) bond motifs is 2. The summed E-state index contributed by atoms with van der Waals surface area (Å²) in [5, 5.41) is 2.83. The van der Waals surface area contributed by atoms with Gasteiger partial charge in [0.05, 0.1) is 24.5 Å². The van der Waals surface area contributed by atoms with Crippen LogP contribution < -0.4 is 10.2 Å². The first kappa shape index (κ1) is 16.6. The van der Waals surface area contributed by atoms with Crippen molar-refractivity contribution in [1.82, 2.24) is 0 Å². The molecule has 6 nitrogen and oxygen atoms in total. The van der Waals surface area contributed by atoms with E-state index in [0.717, 1.165) is 18.0 Å². The minimum Gasteiger partial charge on any atom is -0.370 e. The molecule has 2 aromatic carbocycles. The summed E-state index contributed by atoms with van der Waals surface area (Å²) in [7, 11) is 0. The zero-order chi connectivity index (χ0) is 18.1. The van der Waals surface area contributed by atoms with Gasteiger partial charge in [-0.15, -0.1) is 0 Å². The molecule has 132 valence electrons. The maximum atomic E-state index is 12.9. The first-order valence-electron chi connectivity index (χ1n) is 8.68. The molecule has 2 aliphatic rings. The van der Waals surface area contributed by atoms with Crippen LogP contribution in [0.4, 0.5) is 5.69 Å². The number of morpholine rings is 1. The van der Waals surface area contributed by atoms with Gasteiger partial charge in [0.1, 0.15) is 13.1 Å². The van der Waals surface area contributed by atoms with Crippen molar-refractivity contribution in [1.29, 1.82) is 0 Å². The van der Waals surface area contributed by atoms with Crippen LogP contribution >= 0.6 is 0 Å². The molecule has 4 rings (SSSR count). The van der Waals surface area contributed by atoms with Gasteiger partial charge >= 0.3 is 0 Å². The first-order chi connectivity index (χ1) is 12.6. The lowest BCUT2D eigenvalue weighted by Gasteiger charge is -2.24. The SMILES string of the molecule is O=C(C[NH+]1CCOCC1)Nc1cccc2c1C(=O)c1ccccc1C2=O. The van der Waals surface area contributed by atoms with Gasteiger partial charge in [0, 0.05) is 16.7 Å². The van der Waals surface area contributed by atoms with Gasteiger partial charge in [-0.05, 0) is 6.07 Å². The lowest BCUT2D eigenvalue weighted by molar-refractivity contribution is -0.899. The predicted octanol–water partition coefficient (Wildman–Crippen LogP) is 0.316. The summed E-state index contributed by atoms with van der Waals surface area (Å²) < 4.78 is 5.30. The van der Waals surface area contributed by atoms with E-state index in [9.17, 15) is 14.4 Å². The molecule has 0 aromatic heterocycles. The largest absolute Gasteiger partial charge is 0.370 e. The van der Waals surface area contributed by atoms with Crippen LogP contribution in [0.25, 0.3) is 0 Å². The zero-order valence-corrected chi connectivity index (χ0v) is 14.2. The molecular weight excluding hydrogens is 332 g/mol. The number of carbonyl (C=O) groups excluding carboxylic acids is 3. The van der Waals surface area contributed by atoms with Crippen LogP contribution in [0.1, 0.15) is 31.8 Å². The Morgan fingerprint density at radius 3 is 2.31 bits per heavy atom. The molecular formula is C20H19N2O4+. The fourth-order valence-electron chi connectivity index (χ4n) is 3.51. The molecule has 1 saturated heterocycles. The summed E-state index contributed by atoms with van der Waals surface area (Å²) >= 11 is 0. The van der Waals surface area contributed by atoms with Crippen LogP contribution in [0.2, 0.25) is 0 Å². The molecule has 0 saturated carbocycles. The highest BCUT2D eigenvalue weighted by Gasteiger charge is 2.32. The van der Waals surface area contributed by atoms with E-state index in [4.69, 9.17) is 4.74 Å². The fourth-order valence-corrected chi connectivity index (χ4v) is 3.51. The number of quaternary nitrogens is 1. The van der Waals surface area contributed by atoms with Crippen molar-refractivity contribution in [3.63, 3.8) is 0 Å². The van der Waals surface area contributed by atoms with E-state index < -0.39 is 0 Å². The highest BCUT2D eigenvalue weighted by atomic mass is 16.5. The van der Waals surface area contributed by atoms with E-state index in [1.54, 1.807) is 42.5 Å². The van der Waals surface area contributed by atoms with Crippen LogP contribution in [0.3, 0.4) is 0 Å². The standard InChI is InChI=1S/C20H18N2O4/c23-17(12-22-8-10-26-11-9-22)21-16-7-3-6-15-18(16)20(25)14-5-2-1-4-13(14)19(15)24/h1-7H,8-12H2,(H,21,23)/p+1. The van der Waals surface area contributed by atoms with Crippen molar-refractivity contribution in [2.24, 2.45) is 0 Å². The van der Waals surface area contributed by atoms with Gasteiger partial charge < -0.3 is 15.0 Å². The number of amides is 1. The maximum absolute atomic E-state index is 12.9. The molecule has 1 amide bonds. The molecule has 2 aromatic rings. The quantitative estimate of drug-likeness (QED) is 0.712. The summed E-state index contributed by atoms with van der Waals surface area (Å²) in [5.74, 6) is -0.593. The highest BCUT2D eigenvalue weighted by molar-refractivity contribution is 6.30. The summed E-state index contributed by atoms with van der Waals surface area (Å²) in [5.41, 5.74) is 1.80. The van der Waals surface area contributed by atoms with Crippen molar-refractivity contribution in [3.8, 4) is 0 Å². The Morgan fingerprint density at radius 2 is 1.58 bits per heavy atom. The van der Waals surface area contributed by atoms with E-state index >= 15 is 0 Å². The molecule has 1 heterocycles. The smallest absolute Gasteiger partial charge is 0.279 e. The summed E-state index contributed by atoms with van der Waals surface area (Å²) in [6.07, 6.45) is 0.